The predicted octanol–water partition coefficient (Wildman–Crippen LogP) is 2.00. The topological polar surface area (TPSA) is 88.2 Å². The van der Waals surface area contributed by atoms with Crippen LogP contribution in [0.15, 0.2) is 36.4 Å². The number of fused-ring (bicyclic) bond motifs is 1. The van der Waals surface area contributed by atoms with E-state index in [2.05, 4.69) is 0 Å². The van der Waals surface area contributed by atoms with E-state index in [9.17, 15) is 14.4 Å². The van der Waals surface area contributed by atoms with Gasteiger partial charge in [0.2, 0.25) is 11.8 Å². The molecule has 8 nitrogen and oxygen atoms in total. The first-order chi connectivity index (χ1) is 20.6. The number of halogens is 1. The van der Waals surface area contributed by atoms with Crippen LogP contribution >= 0.6 is 0 Å². The summed E-state index contributed by atoms with van der Waals surface area (Å²) in [4.78, 5) is 39.8. The fourth-order valence-electron chi connectivity index (χ4n) is 3.51. The second-order valence-corrected chi connectivity index (χ2v) is 7.42. The Labute approximate surface area is 212 Å². The first kappa shape index (κ1) is 13.0. The molecule has 34 heavy (non-hydrogen) atoms. The lowest BCUT2D eigenvalue weighted by Gasteiger charge is -2.29. The van der Waals surface area contributed by atoms with E-state index in [1.165, 1.54) is 10.2 Å². The SMILES string of the molecule is [2H]C([2H])(Oc1cccc2c1C([2H])([2H])N(C1([2H])C(=O)NC(=O)C([2H])([2H])C1([2H])[2H])C2=O)c1cc(C([2H])([2H])N2CCOCC2)ccc1F. The molecular weight excluding hydrogens is 441 g/mol. The highest BCUT2D eigenvalue weighted by atomic mass is 19.1. The molecule has 0 aliphatic carbocycles. The predicted molar refractivity (Wildman–Crippen MR) is 119 cm³/mol. The second-order valence-electron chi connectivity index (χ2n) is 7.42. The van der Waals surface area contributed by atoms with Crippen molar-refractivity contribution in [1.29, 1.82) is 0 Å². The fourth-order valence-corrected chi connectivity index (χ4v) is 3.51. The van der Waals surface area contributed by atoms with E-state index in [0.29, 0.717) is 0 Å². The van der Waals surface area contributed by atoms with Crippen LogP contribution in [-0.4, -0.2) is 59.8 Å². The molecule has 3 aliphatic rings. The van der Waals surface area contributed by atoms with Crippen LogP contribution in [0.2, 0.25) is 0 Å². The number of hydrogen-bond donors (Lipinski definition) is 1. The maximum absolute atomic E-state index is 15.1. The summed E-state index contributed by atoms with van der Waals surface area (Å²) < 4.78 is 119. The largest absolute Gasteiger partial charge is 0.488 e. The van der Waals surface area contributed by atoms with Gasteiger partial charge >= 0.3 is 0 Å². The van der Waals surface area contributed by atoms with Gasteiger partial charge in [0.25, 0.3) is 5.91 Å². The lowest BCUT2D eigenvalue weighted by molar-refractivity contribution is -0.136. The number of rotatable bonds is 6. The number of morpholine rings is 1. The number of carbonyl (C=O) groups excluding carboxylic acids is 3. The molecule has 5 rings (SSSR count). The van der Waals surface area contributed by atoms with Crippen molar-refractivity contribution in [2.75, 3.05) is 26.3 Å². The molecular formula is C25H26FN3O5. The highest BCUT2D eigenvalue weighted by Crippen LogP contribution is 2.34. The summed E-state index contributed by atoms with van der Waals surface area (Å²) in [5, 5.41) is 1.48. The molecule has 3 heterocycles. The van der Waals surface area contributed by atoms with Crippen LogP contribution in [0, 0.1) is 5.82 Å². The van der Waals surface area contributed by atoms with E-state index in [1.54, 1.807) is 0 Å². The number of piperidine rings is 1. The van der Waals surface area contributed by atoms with Crippen LogP contribution in [0.5, 0.6) is 5.75 Å². The molecule has 1 unspecified atom stereocenters. The first-order valence-electron chi connectivity index (χ1n) is 15.8. The summed E-state index contributed by atoms with van der Waals surface area (Å²) in [6.07, 6.45) is -7.36. The Morgan fingerprint density at radius 1 is 1.24 bits per heavy atom. The Bertz CT molecular complexity index is 1600. The van der Waals surface area contributed by atoms with Crippen molar-refractivity contribution in [3.63, 3.8) is 0 Å². The molecule has 0 spiro atoms. The molecule has 3 amide bonds. The zero-order chi connectivity index (χ0) is 33.5. The number of amides is 3. The lowest BCUT2D eigenvalue weighted by Crippen LogP contribution is -2.52. The van der Waals surface area contributed by atoms with E-state index in [0.717, 1.165) is 36.4 Å². The van der Waals surface area contributed by atoms with E-state index in [-0.39, 0.29) is 36.8 Å². The van der Waals surface area contributed by atoms with Gasteiger partial charge < -0.3 is 14.4 Å². The first-order valence-corrected chi connectivity index (χ1v) is 10.3. The maximum atomic E-state index is 15.1. The maximum Gasteiger partial charge on any atom is 0.255 e. The summed E-state index contributed by atoms with van der Waals surface area (Å²) in [6, 6.07) is 2.36. The summed E-state index contributed by atoms with van der Waals surface area (Å²) >= 11 is 0. The van der Waals surface area contributed by atoms with Crippen LogP contribution in [0.1, 0.15) is 54.9 Å². The van der Waals surface area contributed by atoms with Gasteiger partial charge in [0.1, 0.15) is 24.1 Å². The monoisotopic (exact) mass is 478 g/mol. The number of nitrogens with zero attached hydrogens (tertiary/aromatic N) is 2. The van der Waals surface area contributed by atoms with Crippen LogP contribution in [0.3, 0.4) is 0 Å². The minimum atomic E-state index is -3.79. The van der Waals surface area contributed by atoms with Gasteiger partial charge in [0.05, 0.1) is 26.6 Å². The third-order valence-corrected chi connectivity index (χ3v) is 5.18. The zero-order valence-corrected chi connectivity index (χ0v) is 17.6. The minimum Gasteiger partial charge on any atom is -0.488 e. The van der Waals surface area contributed by atoms with Gasteiger partial charge in [-0.05, 0) is 36.2 Å². The summed E-state index contributed by atoms with van der Waals surface area (Å²) in [6.45, 7) is -7.73. The van der Waals surface area contributed by atoms with Crippen LogP contribution in [0.4, 0.5) is 4.39 Å². The average Bonchev–Trinajstić information content (AvgIpc) is 3.17. The minimum absolute atomic E-state index is 0.117. The van der Waals surface area contributed by atoms with Gasteiger partial charge in [0.15, 0.2) is 0 Å². The van der Waals surface area contributed by atoms with Crippen molar-refractivity contribution in [2.45, 2.75) is 38.3 Å². The third-order valence-electron chi connectivity index (χ3n) is 5.18. The quantitative estimate of drug-likeness (QED) is 0.639. The van der Waals surface area contributed by atoms with Crippen molar-refractivity contribution >= 4 is 17.7 Å². The molecule has 178 valence electrons. The number of nitrogens with one attached hydrogen (secondary N) is 1. The standard InChI is InChI=1S/C25H26FN3O5/c26-20-5-4-16(13-28-8-10-33-11-9-28)12-17(20)15-34-22-3-1-2-18-19(22)14-29(25(18)32)21-6-7-23(30)27-24(21)31/h1-5,12,21H,6-11,13-15H2,(H,27,30,31)/i6D2,7D2,13D2,14D2,15D2,21D. The molecule has 0 aromatic heterocycles. The van der Waals surface area contributed by atoms with Crippen LogP contribution in [0.25, 0.3) is 0 Å². The van der Waals surface area contributed by atoms with Crippen LogP contribution < -0.4 is 10.1 Å². The average molecular weight is 479 g/mol. The second kappa shape index (κ2) is 9.52. The molecule has 2 saturated heterocycles. The highest BCUT2D eigenvalue weighted by Gasteiger charge is 2.40. The number of ether oxygens (including phenoxy) is 2. The Kier molecular flexibility index (Phi) is 3.63. The van der Waals surface area contributed by atoms with E-state index < -0.39 is 84.3 Å². The fraction of sp³-hybridized carbons (Fsp3) is 0.400. The molecule has 0 saturated carbocycles. The number of hydrogen-bond acceptors (Lipinski definition) is 6. The van der Waals surface area contributed by atoms with Gasteiger partial charge in [-0.2, -0.15) is 0 Å². The van der Waals surface area contributed by atoms with Gasteiger partial charge in [-0.15, -0.1) is 0 Å². The molecule has 1 atom stereocenters. The van der Waals surface area contributed by atoms with Gasteiger partial charge in [-0.1, -0.05) is 12.1 Å². The Hall–Kier alpha value is -3.30. The van der Waals surface area contributed by atoms with Gasteiger partial charge in [-0.25, -0.2) is 4.39 Å². The normalized spacial score (nSPS) is 33.1. The summed E-state index contributed by atoms with van der Waals surface area (Å²) in [5.41, 5.74) is -2.26. The van der Waals surface area contributed by atoms with Crippen molar-refractivity contribution in [1.82, 2.24) is 15.1 Å². The van der Waals surface area contributed by atoms with Crippen LogP contribution in [-0.2, 0) is 33.9 Å². The van der Waals surface area contributed by atoms with Crippen molar-refractivity contribution in [2.24, 2.45) is 0 Å². The molecule has 9 heteroatoms. The van der Waals surface area contributed by atoms with Crippen molar-refractivity contribution < 1.29 is 43.3 Å². The lowest BCUT2D eigenvalue weighted by atomic mass is 10.0. The van der Waals surface area contributed by atoms with Gasteiger partial charge in [-0.3, -0.25) is 24.6 Å². The zero-order valence-electron chi connectivity index (χ0n) is 28.6. The molecule has 0 radical (unpaired) electrons. The summed E-state index contributed by atoms with van der Waals surface area (Å²) in [7, 11) is 0. The highest BCUT2D eigenvalue weighted by molar-refractivity contribution is 6.05. The smallest absolute Gasteiger partial charge is 0.255 e. The van der Waals surface area contributed by atoms with Crippen molar-refractivity contribution in [3.8, 4) is 5.75 Å². The molecule has 0 bridgehead atoms. The van der Waals surface area contributed by atoms with E-state index in [1.807, 2.05) is 0 Å². The molecule has 2 aromatic rings. The Morgan fingerprint density at radius 3 is 2.88 bits per heavy atom. The molecule has 3 aliphatic heterocycles. The summed E-state index contributed by atoms with van der Waals surface area (Å²) in [5.74, 6) is -6.86. The number of benzene rings is 2. The number of carbonyl (C=O) groups is 3. The number of imide groups is 1. The molecule has 1 N–H and O–H groups in total. The van der Waals surface area contributed by atoms with Crippen molar-refractivity contribution in [3.05, 3.63) is 64.5 Å². The third kappa shape index (κ3) is 4.53. The van der Waals surface area contributed by atoms with Gasteiger partial charge in [0, 0.05) is 50.9 Å². The Morgan fingerprint density at radius 2 is 2.06 bits per heavy atom. The van der Waals surface area contributed by atoms with E-state index in [4.69, 9.17) is 24.6 Å². The Balaban J connectivity index is 1.56. The van der Waals surface area contributed by atoms with E-state index >= 15 is 4.39 Å². The molecule has 2 aromatic carbocycles. The molecule has 2 fully saturated rings.